The van der Waals surface area contributed by atoms with Crippen LogP contribution < -0.4 is 15.2 Å². The van der Waals surface area contributed by atoms with E-state index in [2.05, 4.69) is 0 Å². The Hall–Kier alpha value is -2.21. The minimum atomic E-state index is -1.02. The summed E-state index contributed by atoms with van der Waals surface area (Å²) in [7, 11) is 3.10. The van der Waals surface area contributed by atoms with Crippen molar-refractivity contribution < 1.29 is 19.4 Å². The highest BCUT2D eigenvalue weighted by molar-refractivity contribution is 7.13. The lowest BCUT2D eigenvalue weighted by Crippen LogP contribution is -1.98. The molecule has 0 fully saturated rings. The van der Waals surface area contributed by atoms with E-state index in [9.17, 15) is 4.79 Å². The normalized spacial score (nSPS) is 10.2. The molecule has 6 heteroatoms. The average Bonchev–Trinajstić information content (AvgIpc) is 2.80. The summed E-state index contributed by atoms with van der Waals surface area (Å²) in [5, 5.41) is 10.7. The van der Waals surface area contributed by atoms with Gasteiger partial charge < -0.3 is 20.3 Å². The molecule has 1 heterocycles. The van der Waals surface area contributed by atoms with Crippen molar-refractivity contribution in [3.05, 3.63) is 28.5 Å². The summed E-state index contributed by atoms with van der Waals surface area (Å²) in [6.45, 7) is 0. The second-order valence-electron chi connectivity index (χ2n) is 3.77. The van der Waals surface area contributed by atoms with Gasteiger partial charge in [0.15, 0.2) is 11.5 Å². The molecule has 0 aliphatic rings. The van der Waals surface area contributed by atoms with Gasteiger partial charge in [0.1, 0.15) is 4.88 Å². The number of methoxy groups -OCH3 is 2. The Kier molecular flexibility index (Phi) is 3.62. The number of carboxylic acid groups (broad SMARTS) is 1. The number of hydrogen-bond donors (Lipinski definition) is 2. The Morgan fingerprint density at radius 1 is 1.26 bits per heavy atom. The lowest BCUT2D eigenvalue weighted by Gasteiger charge is -2.09. The Balaban J connectivity index is 2.50. The van der Waals surface area contributed by atoms with Crippen molar-refractivity contribution in [2.24, 2.45) is 0 Å². The molecule has 5 nitrogen and oxygen atoms in total. The van der Waals surface area contributed by atoms with Gasteiger partial charge in [-0.2, -0.15) is 0 Å². The summed E-state index contributed by atoms with van der Waals surface area (Å²) in [6.07, 6.45) is 0. The lowest BCUT2D eigenvalue weighted by atomic mass is 10.1. The molecule has 0 amide bonds. The van der Waals surface area contributed by atoms with Crippen LogP contribution in [-0.2, 0) is 0 Å². The summed E-state index contributed by atoms with van der Waals surface area (Å²) in [6, 6.07) is 5.33. The van der Waals surface area contributed by atoms with Crippen molar-refractivity contribution in [1.29, 1.82) is 0 Å². The van der Waals surface area contributed by atoms with Crippen LogP contribution in [0.2, 0.25) is 0 Å². The Labute approximate surface area is 114 Å². The van der Waals surface area contributed by atoms with E-state index in [4.69, 9.17) is 20.3 Å². The number of nitrogens with two attached hydrogens (primary N) is 1. The van der Waals surface area contributed by atoms with E-state index in [0.717, 1.165) is 16.9 Å². The van der Waals surface area contributed by atoms with Crippen LogP contribution in [0.3, 0.4) is 0 Å². The number of anilines is 1. The number of carboxylic acids is 1. The zero-order valence-corrected chi connectivity index (χ0v) is 11.3. The van der Waals surface area contributed by atoms with E-state index in [0.29, 0.717) is 17.1 Å². The molecule has 0 saturated carbocycles. The number of carbonyl (C=O) groups is 1. The number of nitrogen functional groups attached to an aromatic ring is 1. The van der Waals surface area contributed by atoms with Gasteiger partial charge in [-0.15, -0.1) is 11.3 Å². The first-order valence-electron chi connectivity index (χ1n) is 5.41. The standard InChI is InChI=1S/C13H13NO4S/c1-17-9-4-3-7(5-10(9)18-2)8-6-19-12(11(8)14)13(15)16/h3-6H,14H2,1-2H3,(H,15,16). The maximum Gasteiger partial charge on any atom is 0.348 e. The van der Waals surface area contributed by atoms with Crippen molar-refractivity contribution in [3.63, 3.8) is 0 Å². The first-order chi connectivity index (χ1) is 9.08. The first kappa shape index (κ1) is 13.2. The van der Waals surface area contributed by atoms with Crippen molar-refractivity contribution in [2.75, 3.05) is 20.0 Å². The number of ether oxygens (including phenoxy) is 2. The SMILES string of the molecule is COc1ccc(-c2csc(C(=O)O)c2N)cc1OC. The van der Waals surface area contributed by atoms with Gasteiger partial charge in [-0.25, -0.2) is 4.79 Å². The number of thiophene rings is 1. The maximum atomic E-state index is 11.0. The molecular formula is C13H13NO4S. The van der Waals surface area contributed by atoms with Gasteiger partial charge in [0.25, 0.3) is 0 Å². The van der Waals surface area contributed by atoms with Gasteiger partial charge in [-0.3, -0.25) is 0 Å². The fraction of sp³-hybridized carbons (Fsp3) is 0.154. The van der Waals surface area contributed by atoms with E-state index in [1.807, 2.05) is 6.07 Å². The topological polar surface area (TPSA) is 81.8 Å². The summed E-state index contributed by atoms with van der Waals surface area (Å²) in [5.74, 6) is 0.162. The van der Waals surface area contributed by atoms with Gasteiger partial charge in [-0.1, -0.05) is 6.07 Å². The van der Waals surface area contributed by atoms with Gasteiger partial charge >= 0.3 is 5.97 Å². The molecule has 0 spiro atoms. The van der Waals surface area contributed by atoms with Crippen LogP contribution >= 0.6 is 11.3 Å². The molecule has 1 aromatic carbocycles. The average molecular weight is 279 g/mol. The second-order valence-corrected chi connectivity index (χ2v) is 4.65. The number of rotatable bonds is 4. The number of aromatic carboxylic acids is 1. The van der Waals surface area contributed by atoms with Crippen LogP contribution in [0.1, 0.15) is 9.67 Å². The second kappa shape index (κ2) is 5.19. The van der Waals surface area contributed by atoms with E-state index < -0.39 is 5.97 Å². The summed E-state index contributed by atoms with van der Waals surface area (Å²) in [4.78, 5) is 11.1. The molecule has 2 rings (SSSR count). The molecular weight excluding hydrogens is 266 g/mol. The maximum absolute atomic E-state index is 11.0. The van der Waals surface area contributed by atoms with Crippen LogP contribution in [0.15, 0.2) is 23.6 Å². The molecule has 0 aliphatic carbocycles. The molecule has 0 bridgehead atoms. The Morgan fingerprint density at radius 3 is 2.47 bits per heavy atom. The molecule has 2 aromatic rings. The predicted octanol–water partition coefficient (Wildman–Crippen LogP) is 2.71. The van der Waals surface area contributed by atoms with E-state index in [1.165, 1.54) is 0 Å². The number of benzene rings is 1. The molecule has 0 radical (unpaired) electrons. The minimum absolute atomic E-state index is 0.143. The van der Waals surface area contributed by atoms with Crippen LogP contribution in [0.5, 0.6) is 11.5 Å². The summed E-state index contributed by atoms with van der Waals surface area (Å²) in [5.41, 5.74) is 7.60. The highest BCUT2D eigenvalue weighted by atomic mass is 32.1. The quantitative estimate of drug-likeness (QED) is 0.899. The van der Waals surface area contributed by atoms with Crippen LogP contribution in [0.4, 0.5) is 5.69 Å². The van der Waals surface area contributed by atoms with Crippen molar-refractivity contribution in [1.82, 2.24) is 0 Å². The van der Waals surface area contributed by atoms with Crippen LogP contribution in [0.25, 0.3) is 11.1 Å². The third-order valence-electron chi connectivity index (χ3n) is 2.72. The summed E-state index contributed by atoms with van der Waals surface area (Å²) < 4.78 is 10.4. The Bertz CT molecular complexity index is 621. The molecule has 3 N–H and O–H groups in total. The van der Waals surface area contributed by atoms with Crippen molar-refractivity contribution >= 4 is 23.0 Å². The minimum Gasteiger partial charge on any atom is -0.493 e. The third kappa shape index (κ3) is 2.34. The van der Waals surface area contributed by atoms with Crippen LogP contribution in [-0.4, -0.2) is 25.3 Å². The van der Waals surface area contributed by atoms with Crippen LogP contribution in [0, 0.1) is 0 Å². The molecule has 0 unspecified atom stereocenters. The Morgan fingerprint density at radius 2 is 1.95 bits per heavy atom. The molecule has 19 heavy (non-hydrogen) atoms. The predicted molar refractivity (Wildman–Crippen MR) is 74.2 cm³/mol. The molecule has 100 valence electrons. The zero-order chi connectivity index (χ0) is 14.0. The van der Waals surface area contributed by atoms with Crippen molar-refractivity contribution in [2.45, 2.75) is 0 Å². The highest BCUT2D eigenvalue weighted by Gasteiger charge is 2.16. The fourth-order valence-corrected chi connectivity index (χ4v) is 2.60. The van der Waals surface area contributed by atoms with Gasteiger partial charge in [0.05, 0.1) is 19.9 Å². The summed E-state index contributed by atoms with van der Waals surface area (Å²) >= 11 is 1.11. The first-order valence-corrected chi connectivity index (χ1v) is 6.29. The zero-order valence-electron chi connectivity index (χ0n) is 10.5. The molecule has 1 aromatic heterocycles. The van der Waals surface area contributed by atoms with Gasteiger partial charge in [-0.05, 0) is 17.7 Å². The molecule has 0 atom stereocenters. The smallest absolute Gasteiger partial charge is 0.348 e. The largest absolute Gasteiger partial charge is 0.493 e. The van der Waals surface area contributed by atoms with E-state index in [1.54, 1.807) is 31.7 Å². The van der Waals surface area contributed by atoms with Gasteiger partial charge in [0, 0.05) is 10.9 Å². The number of hydrogen-bond acceptors (Lipinski definition) is 5. The highest BCUT2D eigenvalue weighted by Crippen LogP contribution is 2.38. The molecule has 0 aliphatic heterocycles. The third-order valence-corrected chi connectivity index (χ3v) is 3.70. The molecule has 0 saturated heterocycles. The van der Waals surface area contributed by atoms with Crippen molar-refractivity contribution in [3.8, 4) is 22.6 Å². The van der Waals surface area contributed by atoms with E-state index >= 15 is 0 Å². The lowest BCUT2D eigenvalue weighted by molar-refractivity contribution is 0.0703. The monoisotopic (exact) mass is 279 g/mol. The fourth-order valence-electron chi connectivity index (χ4n) is 1.76. The van der Waals surface area contributed by atoms with E-state index in [-0.39, 0.29) is 10.6 Å². The van der Waals surface area contributed by atoms with Gasteiger partial charge in [0.2, 0.25) is 0 Å².